The second-order valence-electron chi connectivity index (χ2n) is 8.75. The van der Waals surface area contributed by atoms with Crippen LogP contribution in [0.15, 0.2) is 30.0 Å². The summed E-state index contributed by atoms with van der Waals surface area (Å²) in [4.78, 5) is 27.4. The summed E-state index contributed by atoms with van der Waals surface area (Å²) in [5, 5.41) is 10.7. The molecule has 0 bridgehead atoms. The van der Waals surface area contributed by atoms with Crippen LogP contribution in [0.5, 0.6) is 23.0 Å². The molecule has 0 aliphatic carbocycles. The van der Waals surface area contributed by atoms with Crippen molar-refractivity contribution in [3.05, 3.63) is 52.3 Å². The lowest BCUT2D eigenvalue weighted by Crippen LogP contribution is -2.36. The topological polar surface area (TPSA) is 94.5 Å². The molecule has 0 amide bonds. The number of phenols is 1. The number of aromatic hydroxyl groups is 1. The predicted molar refractivity (Wildman–Crippen MR) is 130 cm³/mol. The molecular weight excluding hydrogens is 450 g/mol. The van der Waals surface area contributed by atoms with E-state index in [1.165, 1.54) is 0 Å². The van der Waals surface area contributed by atoms with Crippen LogP contribution >= 0.6 is 0 Å². The molecule has 0 unspecified atom stereocenters. The highest BCUT2D eigenvalue weighted by atomic mass is 16.5. The van der Waals surface area contributed by atoms with Gasteiger partial charge in [-0.3, -0.25) is 14.5 Å². The summed E-state index contributed by atoms with van der Waals surface area (Å²) in [7, 11) is 3.11. The zero-order chi connectivity index (χ0) is 25.1. The molecular formula is C27H31NO7. The molecule has 1 fully saturated rings. The van der Waals surface area contributed by atoms with E-state index in [-0.39, 0.29) is 29.2 Å². The van der Waals surface area contributed by atoms with E-state index in [2.05, 4.69) is 4.90 Å². The number of allylic oxidation sites excluding steroid dienone is 1. The normalized spacial score (nSPS) is 17.3. The molecule has 4 rings (SSSR count). The summed E-state index contributed by atoms with van der Waals surface area (Å²) in [5.74, 6) is 1.33. The summed E-state index contributed by atoms with van der Waals surface area (Å²) in [6, 6.07) is 6.96. The molecule has 35 heavy (non-hydrogen) atoms. The first-order valence-electron chi connectivity index (χ1n) is 11.8. The van der Waals surface area contributed by atoms with Crippen LogP contribution in [0.25, 0.3) is 6.08 Å². The Morgan fingerprint density at radius 3 is 2.54 bits per heavy atom. The number of ketones is 1. The van der Waals surface area contributed by atoms with Gasteiger partial charge in [0, 0.05) is 6.54 Å². The zero-order valence-corrected chi connectivity index (χ0v) is 20.6. The number of carbonyl (C=O) groups excluding carboxylic acids is 2. The monoisotopic (exact) mass is 481 g/mol. The SMILES string of the molecule is CCOC(=O)C1CCN(Cc2c(O)cc(C)c3c2O/C(=C/c2ccc(OC)c(OC)c2)C3=O)CC1. The quantitative estimate of drug-likeness (QED) is 0.466. The highest BCUT2D eigenvalue weighted by Crippen LogP contribution is 2.43. The van der Waals surface area contributed by atoms with Crippen molar-refractivity contribution in [3.8, 4) is 23.0 Å². The maximum atomic E-state index is 13.2. The second-order valence-corrected chi connectivity index (χ2v) is 8.75. The van der Waals surface area contributed by atoms with Gasteiger partial charge in [0.1, 0.15) is 11.5 Å². The Kier molecular flexibility index (Phi) is 7.31. The molecule has 0 spiro atoms. The number of fused-ring (bicyclic) bond motifs is 1. The molecule has 0 aromatic heterocycles. The van der Waals surface area contributed by atoms with Gasteiger partial charge < -0.3 is 24.1 Å². The fourth-order valence-corrected chi connectivity index (χ4v) is 4.64. The minimum absolute atomic E-state index is 0.0916. The number of hydrogen-bond donors (Lipinski definition) is 1. The van der Waals surface area contributed by atoms with Gasteiger partial charge in [0.25, 0.3) is 0 Å². The Morgan fingerprint density at radius 2 is 1.89 bits per heavy atom. The van der Waals surface area contributed by atoms with Crippen LogP contribution in [0.4, 0.5) is 0 Å². The van der Waals surface area contributed by atoms with Crippen molar-refractivity contribution in [1.29, 1.82) is 0 Å². The van der Waals surface area contributed by atoms with Crippen LogP contribution in [-0.4, -0.2) is 55.7 Å². The number of rotatable bonds is 7. The number of Topliss-reactive ketones (excluding diaryl/α,β-unsaturated/α-hetero) is 1. The number of aryl methyl sites for hydroxylation is 1. The number of likely N-dealkylation sites (tertiary alicyclic amines) is 1. The van der Waals surface area contributed by atoms with Gasteiger partial charge in [-0.2, -0.15) is 0 Å². The van der Waals surface area contributed by atoms with Gasteiger partial charge >= 0.3 is 5.97 Å². The molecule has 0 atom stereocenters. The number of hydrogen-bond acceptors (Lipinski definition) is 8. The van der Waals surface area contributed by atoms with Gasteiger partial charge in [-0.05, 0) is 75.2 Å². The first kappa shape index (κ1) is 24.6. The van der Waals surface area contributed by atoms with Crippen molar-refractivity contribution in [3.63, 3.8) is 0 Å². The molecule has 2 aromatic carbocycles. The first-order valence-corrected chi connectivity index (χ1v) is 11.8. The van der Waals surface area contributed by atoms with Gasteiger partial charge in [0.15, 0.2) is 17.3 Å². The minimum atomic E-state index is -0.227. The van der Waals surface area contributed by atoms with E-state index in [1.54, 1.807) is 45.4 Å². The standard InChI is InChI=1S/C27H31NO7/c1-5-34-27(31)18-8-10-28(11-9-18)15-19-20(29)12-16(2)24-25(30)23(35-26(19)24)14-17-6-7-21(32-3)22(13-17)33-4/h6-7,12-14,18,29H,5,8-11,15H2,1-4H3/b23-14+. The second kappa shape index (κ2) is 10.4. The third-order valence-electron chi connectivity index (χ3n) is 6.52. The number of carbonyl (C=O) groups is 2. The van der Waals surface area contributed by atoms with E-state index < -0.39 is 0 Å². The van der Waals surface area contributed by atoms with E-state index >= 15 is 0 Å². The molecule has 1 saturated heterocycles. The van der Waals surface area contributed by atoms with Crippen molar-refractivity contribution in [2.45, 2.75) is 33.2 Å². The molecule has 186 valence electrons. The summed E-state index contributed by atoms with van der Waals surface area (Å²) in [6.45, 7) is 5.77. The van der Waals surface area contributed by atoms with Crippen molar-refractivity contribution in [2.75, 3.05) is 33.9 Å². The Balaban J connectivity index is 1.57. The third-order valence-corrected chi connectivity index (χ3v) is 6.52. The maximum absolute atomic E-state index is 13.2. The number of benzene rings is 2. The fourth-order valence-electron chi connectivity index (χ4n) is 4.64. The largest absolute Gasteiger partial charge is 0.507 e. The molecule has 1 N–H and O–H groups in total. The molecule has 0 saturated carbocycles. The molecule has 2 aromatic rings. The van der Waals surface area contributed by atoms with Crippen molar-refractivity contribution < 1.29 is 33.6 Å². The average Bonchev–Trinajstić information content (AvgIpc) is 3.18. The van der Waals surface area contributed by atoms with E-state index in [0.29, 0.717) is 73.0 Å². The van der Waals surface area contributed by atoms with Crippen LogP contribution in [-0.2, 0) is 16.1 Å². The number of piperidine rings is 1. The lowest BCUT2D eigenvalue weighted by Gasteiger charge is -2.31. The summed E-state index contributed by atoms with van der Waals surface area (Å²) in [6.07, 6.45) is 3.05. The number of ether oxygens (including phenoxy) is 4. The first-order chi connectivity index (χ1) is 16.9. The Morgan fingerprint density at radius 1 is 1.17 bits per heavy atom. The van der Waals surface area contributed by atoms with Crippen molar-refractivity contribution in [2.24, 2.45) is 5.92 Å². The van der Waals surface area contributed by atoms with Gasteiger partial charge in [-0.25, -0.2) is 0 Å². The van der Waals surface area contributed by atoms with Gasteiger partial charge in [0.2, 0.25) is 5.78 Å². The zero-order valence-electron chi connectivity index (χ0n) is 20.6. The lowest BCUT2D eigenvalue weighted by molar-refractivity contribution is -0.149. The summed E-state index contributed by atoms with van der Waals surface area (Å²) in [5.41, 5.74) is 2.42. The van der Waals surface area contributed by atoms with E-state index in [4.69, 9.17) is 18.9 Å². The fraction of sp³-hybridized carbons (Fsp3) is 0.407. The van der Waals surface area contributed by atoms with Crippen LogP contribution in [0.2, 0.25) is 0 Å². The summed E-state index contributed by atoms with van der Waals surface area (Å²) < 4.78 is 21.8. The van der Waals surface area contributed by atoms with Crippen LogP contribution < -0.4 is 14.2 Å². The average molecular weight is 482 g/mol. The molecule has 0 radical (unpaired) electrons. The molecule has 2 heterocycles. The van der Waals surface area contributed by atoms with E-state index in [1.807, 2.05) is 13.0 Å². The van der Waals surface area contributed by atoms with Gasteiger partial charge in [-0.1, -0.05) is 6.07 Å². The number of nitrogens with zero attached hydrogens (tertiary/aromatic N) is 1. The smallest absolute Gasteiger partial charge is 0.309 e. The Hall–Kier alpha value is -3.52. The van der Waals surface area contributed by atoms with Gasteiger partial charge in [-0.15, -0.1) is 0 Å². The Bertz CT molecular complexity index is 1160. The highest BCUT2D eigenvalue weighted by molar-refractivity contribution is 6.15. The van der Waals surface area contributed by atoms with Crippen LogP contribution in [0.3, 0.4) is 0 Å². The number of esters is 1. The maximum Gasteiger partial charge on any atom is 0.309 e. The highest BCUT2D eigenvalue weighted by Gasteiger charge is 2.34. The van der Waals surface area contributed by atoms with Crippen molar-refractivity contribution >= 4 is 17.8 Å². The van der Waals surface area contributed by atoms with E-state index in [0.717, 1.165) is 5.56 Å². The van der Waals surface area contributed by atoms with E-state index in [9.17, 15) is 14.7 Å². The van der Waals surface area contributed by atoms with Crippen LogP contribution in [0, 0.1) is 12.8 Å². The van der Waals surface area contributed by atoms with Crippen molar-refractivity contribution in [1.82, 2.24) is 4.90 Å². The number of phenolic OH excluding ortho intramolecular Hbond substituents is 1. The number of methoxy groups -OCH3 is 2. The Labute approximate surface area is 205 Å². The summed E-state index contributed by atoms with van der Waals surface area (Å²) >= 11 is 0. The molecule has 8 heteroatoms. The molecule has 2 aliphatic rings. The van der Waals surface area contributed by atoms with Crippen LogP contribution in [0.1, 0.15) is 46.8 Å². The minimum Gasteiger partial charge on any atom is -0.507 e. The van der Waals surface area contributed by atoms with Gasteiger partial charge in [0.05, 0.1) is 37.9 Å². The predicted octanol–water partition coefficient (Wildman–Crippen LogP) is 4.11. The molecule has 2 aliphatic heterocycles. The lowest BCUT2D eigenvalue weighted by atomic mass is 9.95. The third kappa shape index (κ3) is 4.98. The molecule has 8 nitrogen and oxygen atoms in total.